The Bertz CT molecular complexity index is 637. The monoisotopic (exact) mass is 275 g/mol. The summed E-state index contributed by atoms with van der Waals surface area (Å²) >= 11 is 0. The van der Waals surface area contributed by atoms with Crippen molar-refractivity contribution in [1.29, 1.82) is 0 Å². The van der Waals surface area contributed by atoms with Gasteiger partial charge in [-0.25, -0.2) is 4.98 Å². The van der Waals surface area contributed by atoms with Gasteiger partial charge < -0.3 is 9.47 Å². The Labute approximate surface area is 115 Å². The van der Waals surface area contributed by atoms with Crippen molar-refractivity contribution in [2.75, 3.05) is 7.05 Å². The molecular weight excluding hydrogens is 261 g/mol. The third-order valence-electron chi connectivity index (χ3n) is 3.39. The van der Waals surface area contributed by atoms with Crippen molar-refractivity contribution >= 4 is 5.91 Å². The summed E-state index contributed by atoms with van der Waals surface area (Å²) in [6.07, 6.45) is 3.24. The first-order valence-electron chi connectivity index (χ1n) is 6.43. The number of halogens is 1. The Morgan fingerprint density at radius 3 is 3.05 bits per heavy atom. The Hall–Kier alpha value is -2.31. The van der Waals surface area contributed by atoms with Crippen LogP contribution < -0.4 is 0 Å². The molecule has 6 nitrogen and oxygen atoms in total. The van der Waals surface area contributed by atoms with Gasteiger partial charge >= 0.3 is 0 Å². The second-order valence-electron chi connectivity index (χ2n) is 4.82. The van der Waals surface area contributed by atoms with Crippen molar-refractivity contribution in [1.82, 2.24) is 24.6 Å². The molecule has 0 bridgehead atoms. The van der Waals surface area contributed by atoms with E-state index in [0.29, 0.717) is 12.1 Å². The average Bonchev–Trinajstić information content (AvgIpc) is 3.04. The van der Waals surface area contributed by atoms with Gasteiger partial charge in [0.25, 0.3) is 5.91 Å². The fraction of sp³-hybridized carbons (Fsp3) is 0.385. The van der Waals surface area contributed by atoms with Gasteiger partial charge in [0.1, 0.15) is 5.82 Å². The van der Waals surface area contributed by atoms with Crippen LogP contribution in [0.5, 0.6) is 0 Å². The zero-order valence-electron chi connectivity index (χ0n) is 11.1. The van der Waals surface area contributed by atoms with Crippen LogP contribution in [0.25, 0.3) is 0 Å². The molecule has 3 rings (SSSR count). The molecule has 0 aliphatic carbocycles. The maximum atomic E-state index is 12.7. The largest absolute Gasteiger partial charge is 0.334 e. The number of nitrogens with zero attached hydrogens (tertiary/aromatic N) is 5. The summed E-state index contributed by atoms with van der Waals surface area (Å²) in [5.41, 5.74) is 0.357. The van der Waals surface area contributed by atoms with Crippen LogP contribution in [0.15, 0.2) is 18.3 Å². The SMILES string of the molecule is CN(Cc1nnc2n1CCC2)C(=O)c1ccc(F)nc1. The van der Waals surface area contributed by atoms with E-state index in [-0.39, 0.29) is 5.91 Å². The number of amides is 1. The number of aryl methyl sites for hydroxylation is 1. The Balaban J connectivity index is 1.74. The summed E-state index contributed by atoms with van der Waals surface area (Å²) < 4.78 is 14.8. The fourth-order valence-electron chi connectivity index (χ4n) is 2.33. The molecule has 2 aromatic heterocycles. The number of hydrogen-bond donors (Lipinski definition) is 0. The predicted octanol–water partition coefficient (Wildman–Crippen LogP) is 1.03. The molecule has 0 spiro atoms. The van der Waals surface area contributed by atoms with Crippen LogP contribution in [-0.2, 0) is 19.5 Å². The molecule has 104 valence electrons. The minimum absolute atomic E-state index is 0.215. The van der Waals surface area contributed by atoms with Gasteiger partial charge in [0.15, 0.2) is 5.82 Å². The van der Waals surface area contributed by atoms with E-state index in [1.54, 1.807) is 7.05 Å². The number of aromatic nitrogens is 4. The summed E-state index contributed by atoms with van der Waals surface area (Å²) in [7, 11) is 1.68. The topological polar surface area (TPSA) is 63.9 Å². The lowest BCUT2D eigenvalue weighted by molar-refractivity contribution is 0.0779. The molecule has 0 saturated heterocycles. The third kappa shape index (κ3) is 2.26. The molecular formula is C13H14FN5O. The van der Waals surface area contributed by atoms with Gasteiger partial charge in [-0.3, -0.25) is 4.79 Å². The number of rotatable bonds is 3. The van der Waals surface area contributed by atoms with Crippen molar-refractivity contribution < 1.29 is 9.18 Å². The second-order valence-corrected chi connectivity index (χ2v) is 4.82. The van der Waals surface area contributed by atoms with Gasteiger partial charge in [0.2, 0.25) is 5.95 Å². The predicted molar refractivity (Wildman–Crippen MR) is 68.3 cm³/mol. The quantitative estimate of drug-likeness (QED) is 0.785. The van der Waals surface area contributed by atoms with E-state index in [1.165, 1.54) is 23.2 Å². The summed E-state index contributed by atoms with van der Waals surface area (Å²) in [6, 6.07) is 2.60. The summed E-state index contributed by atoms with van der Waals surface area (Å²) in [5, 5.41) is 8.22. The lowest BCUT2D eigenvalue weighted by Gasteiger charge is -2.16. The zero-order chi connectivity index (χ0) is 14.1. The first kappa shape index (κ1) is 12.7. The minimum Gasteiger partial charge on any atom is -0.334 e. The van der Waals surface area contributed by atoms with Crippen LogP contribution >= 0.6 is 0 Å². The molecule has 0 unspecified atom stereocenters. The van der Waals surface area contributed by atoms with Crippen LogP contribution in [0, 0.1) is 5.95 Å². The van der Waals surface area contributed by atoms with E-state index in [1.807, 2.05) is 4.57 Å². The Morgan fingerprint density at radius 2 is 2.30 bits per heavy atom. The molecule has 3 heterocycles. The molecule has 20 heavy (non-hydrogen) atoms. The Kier molecular flexibility index (Phi) is 3.17. The highest BCUT2D eigenvalue weighted by Crippen LogP contribution is 2.15. The lowest BCUT2D eigenvalue weighted by Crippen LogP contribution is -2.27. The highest BCUT2D eigenvalue weighted by Gasteiger charge is 2.20. The minimum atomic E-state index is -0.598. The number of fused-ring (bicyclic) bond motifs is 1. The van der Waals surface area contributed by atoms with Gasteiger partial charge in [-0.1, -0.05) is 0 Å². The highest BCUT2D eigenvalue weighted by molar-refractivity contribution is 5.93. The molecule has 1 aliphatic rings. The molecule has 0 atom stereocenters. The standard InChI is InChI=1S/C13H14FN5O/c1-18(13(20)9-4-5-10(14)15-7-9)8-12-17-16-11-3-2-6-19(11)12/h4-5,7H,2-3,6,8H2,1H3. The van der Waals surface area contributed by atoms with Crippen LogP contribution in [0.2, 0.25) is 0 Å². The van der Waals surface area contributed by atoms with Crippen LogP contribution in [-0.4, -0.2) is 37.6 Å². The smallest absolute Gasteiger partial charge is 0.255 e. The molecule has 0 saturated carbocycles. The van der Waals surface area contributed by atoms with Crippen molar-refractivity contribution in [2.45, 2.75) is 25.9 Å². The molecule has 2 aromatic rings. The summed E-state index contributed by atoms with van der Waals surface area (Å²) in [4.78, 5) is 17.2. The fourth-order valence-corrected chi connectivity index (χ4v) is 2.33. The van der Waals surface area contributed by atoms with Crippen LogP contribution in [0.1, 0.15) is 28.4 Å². The molecule has 0 fully saturated rings. The van der Waals surface area contributed by atoms with Gasteiger partial charge in [-0.2, -0.15) is 4.39 Å². The van der Waals surface area contributed by atoms with E-state index in [0.717, 1.165) is 31.0 Å². The van der Waals surface area contributed by atoms with E-state index < -0.39 is 5.95 Å². The van der Waals surface area contributed by atoms with Gasteiger partial charge in [-0.05, 0) is 18.6 Å². The van der Waals surface area contributed by atoms with Gasteiger partial charge in [0, 0.05) is 26.2 Å². The molecule has 0 N–H and O–H groups in total. The van der Waals surface area contributed by atoms with E-state index in [9.17, 15) is 9.18 Å². The molecule has 1 amide bonds. The molecule has 0 radical (unpaired) electrons. The number of hydrogen-bond acceptors (Lipinski definition) is 4. The first-order chi connectivity index (χ1) is 9.65. The van der Waals surface area contributed by atoms with Crippen molar-refractivity contribution in [3.8, 4) is 0 Å². The maximum Gasteiger partial charge on any atom is 0.255 e. The molecule has 7 heteroatoms. The molecule has 0 aromatic carbocycles. The zero-order valence-corrected chi connectivity index (χ0v) is 11.1. The normalized spacial score (nSPS) is 13.3. The first-order valence-corrected chi connectivity index (χ1v) is 6.43. The van der Waals surface area contributed by atoms with Crippen molar-refractivity contribution in [2.24, 2.45) is 0 Å². The maximum absolute atomic E-state index is 12.7. The van der Waals surface area contributed by atoms with Gasteiger partial charge in [-0.15, -0.1) is 10.2 Å². The van der Waals surface area contributed by atoms with E-state index in [2.05, 4.69) is 15.2 Å². The highest BCUT2D eigenvalue weighted by atomic mass is 19.1. The van der Waals surface area contributed by atoms with Crippen molar-refractivity contribution in [3.63, 3.8) is 0 Å². The van der Waals surface area contributed by atoms with Gasteiger partial charge in [0.05, 0.1) is 12.1 Å². The van der Waals surface area contributed by atoms with Crippen LogP contribution in [0.4, 0.5) is 4.39 Å². The lowest BCUT2D eigenvalue weighted by atomic mass is 10.2. The van der Waals surface area contributed by atoms with Crippen LogP contribution in [0.3, 0.4) is 0 Å². The average molecular weight is 275 g/mol. The number of carbonyl (C=O) groups is 1. The summed E-state index contributed by atoms with van der Waals surface area (Å²) in [5.74, 6) is 0.944. The molecule has 1 aliphatic heterocycles. The summed E-state index contributed by atoms with van der Waals surface area (Å²) in [6.45, 7) is 1.28. The third-order valence-corrected chi connectivity index (χ3v) is 3.39. The van der Waals surface area contributed by atoms with Crippen molar-refractivity contribution in [3.05, 3.63) is 41.5 Å². The second kappa shape index (κ2) is 4.99. The number of pyridine rings is 1. The van der Waals surface area contributed by atoms with E-state index >= 15 is 0 Å². The Morgan fingerprint density at radius 1 is 1.45 bits per heavy atom. The number of carbonyl (C=O) groups excluding carboxylic acids is 1. The van der Waals surface area contributed by atoms with E-state index in [4.69, 9.17) is 0 Å².